The van der Waals surface area contributed by atoms with E-state index in [9.17, 15) is 4.79 Å². The van der Waals surface area contributed by atoms with Crippen LogP contribution < -0.4 is 10.6 Å². The van der Waals surface area contributed by atoms with E-state index in [1.54, 1.807) is 0 Å². The minimum Gasteiger partial charge on any atom is -0.349 e. The van der Waals surface area contributed by atoms with Gasteiger partial charge in [0, 0.05) is 17.5 Å². The summed E-state index contributed by atoms with van der Waals surface area (Å²) in [6.07, 6.45) is 0.916. The van der Waals surface area contributed by atoms with Gasteiger partial charge in [0.1, 0.15) is 0 Å². The first-order valence-electron chi connectivity index (χ1n) is 7.14. The Morgan fingerprint density at radius 1 is 1.20 bits per heavy atom. The largest absolute Gasteiger partial charge is 0.349 e. The molecule has 0 aliphatic heterocycles. The summed E-state index contributed by atoms with van der Waals surface area (Å²) in [5.74, 6) is 0.553. The average molecular weight is 297 g/mol. The topological polar surface area (TPSA) is 41.1 Å². The Kier molecular flexibility index (Phi) is 7.03. The van der Waals surface area contributed by atoms with Crippen molar-refractivity contribution < 1.29 is 4.79 Å². The lowest BCUT2D eigenvalue weighted by Crippen LogP contribution is -2.37. The Bertz CT molecular complexity index is 417. The van der Waals surface area contributed by atoms with Crippen molar-refractivity contribution in [3.8, 4) is 0 Å². The molecule has 0 heterocycles. The molecule has 0 radical (unpaired) electrons. The summed E-state index contributed by atoms with van der Waals surface area (Å²) >= 11 is 5.92. The fourth-order valence-electron chi connectivity index (χ4n) is 2.16. The number of carbonyl (C=O) groups excluding carboxylic acids is 1. The number of hydrogen-bond acceptors (Lipinski definition) is 2. The number of hydrogen-bond donors (Lipinski definition) is 2. The molecule has 0 bridgehead atoms. The van der Waals surface area contributed by atoms with Crippen molar-refractivity contribution in [2.45, 2.75) is 33.2 Å². The molecule has 2 atom stereocenters. The molecule has 3 nitrogen and oxygen atoms in total. The number of rotatable bonds is 7. The lowest BCUT2D eigenvalue weighted by molar-refractivity contribution is -0.125. The van der Waals surface area contributed by atoms with Crippen molar-refractivity contribution in [1.29, 1.82) is 0 Å². The third-order valence-corrected chi connectivity index (χ3v) is 3.51. The predicted octanol–water partition coefficient (Wildman–Crippen LogP) is 3.40. The van der Waals surface area contributed by atoms with Gasteiger partial charge in [-0.05, 0) is 37.1 Å². The first-order chi connectivity index (χ1) is 9.43. The lowest BCUT2D eigenvalue weighted by atomic mass is 9.96. The van der Waals surface area contributed by atoms with Crippen LogP contribution >= 0.6 is 11.6 Å². The van der Waals surface area contributed by atoms with Crippen LogP contribution in [0.15, 0.2) is 24.3 Å². The standard InChI is InChI=1S/C16H25ClN2O/c1-11(2)9-15(13-5-7-14(17)8-6-13)19-16(20)12(3)10-18-4/h5-8,11-12,15,18H,9-10H2,1-4H3,(H,19,20). The van der Waals surface area contributed by atoms with E-state index in [4.69, 9.17) is 11.6 Å². The maximum absolute atomic E-state index is 12.2. The van der Waals surface area contributed by atoms with Crippen LogP contribution in [0.4, 0.5) is 0 Å². The van der Waals surface area contributed by atoms with Crippen molar-refractivity contribution in [1.82, 2.24) is 10.6 Å². The van der Waals surface area contributed by atoms with E-state index in [1.165, 1.54) is 0 Å². The second-order valence-corrected chi connectivity index (χ2v) is 6.14. The first-order valence-corrected chi connectivity index (χ1v) is 7.52. The van der Waals surface area contributed by atoms with Crippen molar-refractivity contribution in [2.75, 3.05) is 13.6 Å². The van der Waals surface area contributed by atoms with Crippen LogP contribution in [-0.4, -0.2) is 19.5 Å². The second-order valence-electron chi connectivity index (χ2n) is 5.70. The Hall–Kier alpha value is -1.06. The van der Waals surface area contributed by atoms with E-state index in [-0.39, 0.29) is 17.9 Å². The Balaban J connectivity index is 2.79. The Morgan fingerprint density at radius 2 is 1.80 bits per heavy atom. The van der Waals surface area contributed by atoms with Crippen LogP contribution in [0.5, 0.6) is 0 Å². The average Bonchev–Trinajstić information content (AvgIpc) is 2.38. The third kappa shape index (κ3) is 5.51. The molecule has 0 aliphatic carbocycles. The fraction of sp³-hybridized carbons (Fsp3) is 0.562. The van der Waals surface area contributed by atoms with Crippen LogP contribution in [0, 0.1) is 11.8 Å². The van der Waals surface area contributed by atoms with Crippen LogP contribution in [-0.2, 0) is 4.79 Å². The highest BCUT2D eigenvalue weighted by molar-refractivity contribution is 6.30. The van der Waals surface area contributed by atoms with Gasteiger partial charge in [-0.2, -0.15) is 0 Å². The summed E-state index contributed by atoms with van der Waals surface area (Å²) in [6, 6.07) is 7.75. The first kappa shape index (κ1) is 17.0. The van der Waals surface area contributed by atoms with E-state index in [2.05, 4.69) is 24.5 Å². The molecule has 1 rings (SSSR count). The monoisotopic (exact) mass is 296 g/mol. The summed E-state index contributed by atoms with van der Waals surface area (Å²) < 4.78 is 0. The molecule has 0 saturated heterocycles. The van der Waals surface area contributed by atoms with Crippen molar-refractivity contribution in [2.24, 2.45) is 11.8 Å². The van der Waals surface area contributed by atoms with Gasteiger partial charge in [-0.3, -0.25) is 4.79 Å². The molecule has 0 aromatic heterocycles. The molecule has 4 heteroatoms. The van der Waals surface area contributed by atoms with E-state index < -0.39 is 0 Å². The zero-order valence-corrected chi connectivity index (χ0v) is 13.5. The quantitative estimate of drug-likeness (QED) is 0.810. The van der Waals surface area contributed by atoms with Crippen molar-refractivity contribution >= 4 is 17.5 Å². The van der Waals surface area contributed by atoms with Gasteiger partial charge in [0.05, 0.1) is 6.04 Å². The van der Waals surface area contributed by atoms with Crippen LogP contribution in [0.3, 0.4) is 0 Å². The normalized spacial score (nSPS) is 14.1. The number of carbonyl (C=O) groups is 1. The predicted molar refractivity (Wildman–Crippen MR) is 84.9 cm³/mol. The molecule has 0 spiro atoms. The number of benzene rings is 1. The highest BCUT2D eigenvalue weighted by atomic mass is 35.5. The molecule has 1 aromatic carbocycles. The van der Waals surface area contributed by atoms with Gasteiger partial charge in [0.25, 0.3) is 0 Å². The summed E-state index contributed by atoms with van der Waals surface area (Å²) in [5.41, 5.74) is 1.10. The van der Waals surface area contributed by atoms with Crippen LogP contribution in [0.2, 0.25) is 5.02 Å². The fourth-order valence-corrected chi connectivity index (χ4v) is 2.28. The minimum atomic E-state index is -0.0398. The van der Waals surface area contributed by atoms with E-state index in [0.29, 0.717) is 17.5 Å². The lowest BCUT2D eigenvalue weighted by Gasteiger charge is -2.23. The van der Waals surface area contributed by atoms with E-state index in [1.807, 2.05) is 38.2 Å². The molecule has 2 unspecified atom stereocenters. The molecule has 0 aliphatic rings. The summed E-state index contributed by atoms with van der Waals surface area (Å²) in [6.45, 7) is 6.93. The molecule has 20 heavy (non-hydrogen) atoms. The smallest absolute Gasteiger partial charge is 0.224 e. The zero-order valence-electron chi connectivity index (χ0n) is 12.7. The highest BCUT2D eigenvalue weighted by Gasteiger charge is 2.19. The van der Waals surface area contributed by atoms with Crippen molar-refractivity contribution in [3.63, 3.8) is 0 Å². The third-order valence-electron chi connectivity index (χ3n) is 3.25. The highest BCUT2D eigenvalue weighted by Crippen LogP contribution is 2.23. The van der Waals surface area contributed by atoms with Gasteiger partial charge in [-0.25, -0.2) is 0 Å². The molecule has 112 valence electrons. The summed E-state index contributed by atoms with van der Waals surface area (Å²) in [7, 11) is 1.86. The molecular formula is C16H25ClN2O. The SMILES string of the molecule is CNCC(C)C(=O)NC(CC(C)C)c1ccc(Cl)cc1. The van der Waals surface area contributed by atoms with Crippen molar-refractivity contribution in [3.05, 3.63) is 34.9 Å². The van der Waals surface area contributed by atoms with Gasteiger partial charge < -0.3 is 10.6 Å². The number of amides is 1. The number of halogens is 1. The molecule has 1 aromatic rings. The summed E-state index contributed by atoms with van der Waals surface area (Å²) in [5, 5.41) is 6.89. The zero-order chi connectivity index (χ0) is 15.1. The minimum absolute atomic E-state index is 0.0398. The van der Waals surface area contributed by atoms with Gasteiger partial charge in [-0.15, -0.1) is 0 Å². The molecule has 1 amide bonds. The maximum Gasteiger partial charge on any atom is 0.224 e. The van der Waals surface area contributed by atoms with Gasteiger partial charge in [0.15, 0.2) is 0 Å². The van der Waals surface area contributed by atoms with Gasteiger partial charge in [-0.1, -0.05) is 44.5 Å². The molecular weight excluding hydrogens is 272 g/mol. The van der Waals surface area contributed by atoms with Crippen LogP contribution in [0.1, 0.15) is 38.8 Å². The molecule has 0 saturated carbocycles. The molecule has 0 fully saturated rings. The Labute approximate surface area is 127 Å². The number of nitrogens with one attached hydrogen (secondary N) is 2. The van der Waals surface area contributed by atoms with Crippen LogP contribution in [0.25, 0.3) is 0 Å². The molecule has 2 N–H and O–H groups in total. The maximum atomic E-state index is 12.2. The Morgan fingerprint density at radius 3 is 2.30 bits per heavy atom. The van der Waals surface area contributed by atoms with Gasteiger partial charge in [0.2, 0.25) is 5.91 Å². The second kappa shape index (κ2) is 8.28. The van der Waals surface area contributed by atoms with E-state index >= 15 is 0 Å². The summed E-state index contributed by atoms with van der Waals surface area (Å²) in [4.78, 5) is 12.2. The van der Waals surface area contributed by atoms with E-state index in [0.717, 1.165) is 12.0 Å². The van der Waals surface area contributed by atoms with Gasteiger partial charge >= 0.3 is 0 Å².